The molecule has 9 heteroatoms. The van der Waals surface area contributed by atoms with Crippen LogP contribution in [0.2, 0.25) is 0 Å². The van der Waals surface area contributed by atoms with Gasteiger partial charge in [0.15, 0.2) is 0 Å². The number of amides is 2. The van der Waals surface area contributed by atoms with Crippen molar-refractivity contribution in [3.05, 3.63) is 41.6 Å². The smallest absolute Gasteiger partial charge is 0.309 e. The number of hydrogen-bond donors (Lipinski definition) is 3. The zero-order valence-corrected chi connectivity index (χ0v) is 11.2. The molecule has 1 aromatic carbocycles. The predicted octanol–water partition coefficient (Wildman–Crippen LogP) is -0.351. The standard InChI is InChI=1S/C12H14N6O3/c1-8-15-16-12(21-8)11(20)14-6-9-2-4-10(5-3-9)18(7-19)17-13/h2-5,7,17H,6,13H2,1H3,(H,14,20). The highest BCUT2D eigenvalue weighted by Crippen LogP contribution is 2.12. The highest BCUT2D eigenvalue weighted by Gasteiger charge is 2.12. The molecule has 0 saturated heterocycles. The third-order valence-electron chi connectivity index (χ3n) is 2.63. The van der Waals surface area contributed by atoms with Gasteiger partial charge in [-0.3, -0.25) is 15.4 Å². The number of benzene rings is 1. The third kappa shape index (κ3) is 3.61. The van der Waals surface area contributed by atoms with Crippen molar-refractivity contribution in [2.45, 2.75) is 13.5 Å². The minimum Gasteiger partial charge on any atom is -0.417 e. The van der Waals surface area contributed by atoms with Crippen molar-refractivity contribution in [1.29, 1.82) is 0 Å². The monoisotopic (exact) mass is 290 g/mol. The first-order valence-electron chi connectivity index (χ1n) is 6.02. The Morgan fingerprint density at radius 2 is 2.10 bits per heavy atom. The number of hydrogen-bond acceptors (Lipinski definition) is 7. The van der Waals surface area contributed by atoms with Gasteiger partial charge < -0.3 is 9.73 Å². The Morgan fingerprint density at radius 3 is 2.62 bits per heavy atom. The predicted molar refractivity (Wildman–Crippen MR) is 72.5 cm³/mol. The normalized spacial score (nSPS) is 10.2. The van der Waals surface area contributed by atoms with Crippen molar-refractivity contribution in [2.75, 3.05) is 5.01 Å². The third-order valence-corrected chi connectivity index (χ3v) is 2.63. The molecule has 9 nitrogen and oxygen atoms in total. The maximum absolute atomic E-state index is 11.7. The summed E-state index contributed by atoms with van der Waals surface area (Å²) in [6, 6.07) is 6.88. The van der Waals surface area contributed by atoms with Crippen molar-refractivity contribution in [3.8, 4) is 0 Å². The number of carbonyl (C=O) groups is 2. The van der Waals surface area contributed by atoms with Crippen LogP contribution in [0.3, 0.4) is 0 Å². The summed E-state index contributed by atoms with van der Waals surface area (Å²) in [5.41, 5.74) is 3.65. The number of hydrazine groups is 2. The van der Waals surface area contributed by atoms with Crippen LogP contribution in [0.4, 0.5) is 5.69 Å². The van der Waals surface area contributed by atoms with Crippen LogP contribution >= 0.6 is 0 Å². The number of nitrogens with one attached hydrogen (secondary N) is 2. The Balaban J connectivity index is 1.94. The molecule has 1 aromatic heterocycles. The van der Waals surface area contributed by atoms with Gasteiger partial charge in [0.05, 0.1) is 5.69 Å². The van der Waals surface area contributed by atoms with Crippen molar-refractivity contribution < 1.29 is 14.0 Å². The SMILES string of the molecule is Cc1nnc(C(=O)NCc2ccc(N(C=O)NN)cc2)o1. The van der Waals surface area contributed by atoms with Gasteiger partial charge >= 0.3 is 11.8 Å². The molecular formula is C12H14N6O3. The van der Waals surface area contributed by atoms with Crippen molar-refractivity contribution in [2.24, 2.45) is 5.84 Å². The molecule has 2 aromatic rings. The molecule has 0 spiro atoms. The molecule has 110 valence electrons. The van der Waals surface area contributed by atoms with E-state index in [0.29, 0.717) is 18.0 Å². The summed E-state index contributed by atoms with van der Waals surface area (Å²) in [7, 11) is 0. The van der Waals surface area contributed by atoms with Crippen LogP contribution in [0.5, 0.6) is 0 Å². The van der Waals surface area contributed by atoms with Crippen LogP contribution in [0.15, 0.2) is 28.7 Å². The topological polar surface area (TPSA) is 126 Å². The number of nitrogens with zero attached hydrogens (tertiary/aromatic N) is 3. The summed E-state index contributed by atoms with van der Waals surface area (Å²) < 4.78 is 5.01. The molecule has 0 radical (unpaired) electrons. The van der Waals surface area contributed by atoms with Crippen LogP contribution in [0, 0.1) is 6.92 Å². The maximum atomic E-state index is 11.7. The molecule has 0 unspecified atom stereocenters. The van der Waals surface area contributed by atoms with Gasteiger partial charge in [0, 0.05) is 13.5 Å². The first kappa shape index (κ1) is 14.6. The Labute approximate surface area is 120 Å². The summed E-state index contributed by atoms with van der Waals surface area (Å²) in [6.45, 7) is 1.89. The lowest BCUT2D eigenvalue weighted by Gasteiger charge is -2.15. The maximum Gasteiger partial charge on any atom is 0.309 e. The van der Waals surface area contributed by atoms with Crippen molar-refractivity contribution >= 4 is 18.0 Å². The zero-order chi connectivity index (χ0) is 15.2. The fourth-order valence-corrected chi connectivity index (χ4v) is 1.59. The summed E-state index contributed by atoms with van der Waals surface area (Å²) in [5.74, 6) is 4.98. The number of aryl methyl sites for hydroxylation is 1. The first-order valence-corrected chi connectivity index (χ1v) is 6.02. The van der Waals surface area contributed by atoms with E-state index < -0.39 is 5.91 Å². The van der Waals surface area contributed by atoms with Gasteiger partial charge in [0.2, 0.25) is 12.3 Å². The van der Waals surface area contributed by atoms with E-state index in [1.807, 2.05) is 0 Å². The second-order valence-electron chi connectivity index (χ2n) is 4.08. The van der Waals surface area contributed by atoms with Crippen LogP contribution < -0.4 is 21.7 Å². The molecule has 0 fully saturated rings. The Hall–Kier alpha value is -2.78. The molecule has 2 amide bonds. The second kappa shape index (κ2) is 6.59. The van der Waals surface area contributed by atoms with Crippen molar-refractivity contribution in [3.63, 3.8) is 0 Å². The van der Waals surface area contributed by atoms with E-state index in [1.54, 1.807) is 31.2 Å². The van der Waals surface area contributed by atoms with E-state index in [-0.39, 0.29) is 12.4 Å². The molecule has 0 bridgehead atoms. The molecule has 1 heterocycles. The summed E-state index contributed by atoms with van der Waals surface area (Å²) in [6.07, 6.45) is 0.550. The van der Waals surface area contributed by atoms with Crippen LogP contribution in [-0.4, -0.2) is 22.5 Å². The second-order valence-corrected chi connectivity index (χ2v) is 4.08. The number of nitrogens with two attached hydrogens (primary N) is 1. The number of anilines is 1. The minimum absolute atomic E-state index is 0.0800. The van der Waals surface area contributed by atoms with Gasteiger partial charge in [-0.2, -0.15) is 5.53 Å². The first-order chi connectivity index (χ1) is 10.1. The van der Waals surface area contributed by atoms with Gasteiger partial charge in [-0.1, -0.05) is 12.1 Å². The van der Waals surface area contributed by atoms with E-state index in [4.69, 9.17) is 10.3 Å². The molecule has 0 aliphatic rings. The lowest BCUT2D eigenvalue weighted by atomic mass is 10.2. The average Bonchev–Trinajstić information content (AvgIpc) is 2.94. The fourth-order valence-electron chi connectivity index (χ4n) is 1.59. The lowest BCUT2D eigenvalue weighted by molar-refractivity contribution is -0.108. The highest BCUT2D eigenvalue weighted by atomic mass is 16.4. The summed E-state index contributed by atoms with van der Waals surface area (Å²) in [4.78, 5) is 22.4. The number of rotatable bonds is 6. The van der Waals surface area contributed by atoms with Crippen LogP contribution in [0.1, 0.15) is 22.1 Å². The van der Waals surface area contributed by atoms with E-state index in [9.17, 15) is 9.59 Å². The molecule has 2 rings (SSSR count). The summed E-state index contributed by atoms with van der Waals surface area (Å²) in [5, 5.41) is 11.0. The van der Waals surface area contributed by atoms with E-state index in [0.717, 1.165) is 10.6 Å². The Morgan fingerprint density at radius 1 is 1.38 bits per heavy atom. The summed E-state index contributed by atoms with van der Waals surface area (Å²) >= 11 is 0. The van der Waals surface area contributed by atoms with Crippen LogP contribution in [-0.2, 0) is 11.3 Å². The minimum atomic E-state index is -0.446. The zero-order valence-electron chi connectivity index (χ0n) is 11.2. The van der Waals surface area contributed by atoms with Gasteiger partial charge in [-0.05, 0) is 17.7 Å². The Bertz CT molecular complexity index is 624. The molecular weight excluding hydrogens is 276 g/mol. The van der Waals surface area contributed by atoms with Gasteiger partial charge in [0.1, 0.15) is 0 Å². The molecule has 0 aliphatic heterocycles. The molecule has 21 heavy (non-hydrogen) atoms. The molecule has 0 aliphatic carbocycles. The quantitative estimate of drug-likeness (QED) is 0.377. The van der Waals surface area contributed by atoms with Crippen LogP contribution in [0.25, 0.3) is 0 Å². The largest absolute Gasteiger partial charge is 0.417 e. The highest BCUT2D eigenvalue weighted by molar-refractivity contribution is 5.89. The number of carbonyl (C=O) groups excluding carboxylic acids is 2. The lowest BCUT2D eigenvalue weighted by Crippen LogP contribution is -2.42. The van der Waals surface area contributed by atoms with Crippen molar-refractivity contribution in [1.82, 2.24) is 21.0 Å². The molecule has 0 atom stereocenters. The van der Waals surface area contributed by atoms with E-state index >= 15 is 0 Å². The Kier molecular flexibility index (Phi) is 4.59. The fraction of sp³-hybridized carbons (Fsp3) is 0.167. The van der Waals surface area contributed by atoms with Gasteiger partial charge in [0.25, 0.3) is 0 Å². The average molecular weight is 290 g/mol. The van der Waals surface area contributed by atoms with Gasteiger partial charge in [-0.25, -0.2) is 5.01 Å². The molecule has 0 saturated carbocycles. The number of aromatic nitrogens is 2. The van der Waals surface area contributed by atoms with E-state index in [1.165, 1.54) is 0 Å². The molecule has 4 N–H and O–H groups in total. The van der Waals surface area contributed by atoms with Gasteiger partial charge in [-0.15, -0.1) is 10.2 Å². The van der Waals surface area contributed by atoms with E-state index in [2.05, 4.69) is 21.0 Å².